The normalized spacial score (nSPS) is 12.9. The van der Waals surface area contributed by atoms with Gasteiger partial charge in [0.2, 0.25) is 0 Å². The van der Waals surface area contributed by atoms with Gasteiger partial charge in [-0.1, -0.05) is 19.9 Å². The predicted molar refractivity (Wildman–Crippen MR) is 68.7 cm³/mol. The first-order chi connectivity index (χ1) is 8.25. The van der Waals surface area contributed by atoms with E-state index in [2.05, 4.69) is 35.1 Å². The van der Waals surface area contributed by atoms with E-state index in [0.29, 0.717) is 11.8 Å². The summed E-state index contributed by atoms with van der Waals surface area (Å²) in [7, 11) is 0. The summed E-state index contributed by atoms with van der Waals surface area (Å²) in [5.41, 5.74) is 2.51. The maximum absolute atomic E-state index is 4.22. The van der Waals surface area contributed by atoms with Crippen LogP contribution in [0.2, 0.25) is 0 Å². The summed E-state index contributed by atoms with van der Waals surface area (Å²) in [5, 5.41) is 7.05. The molecule has 0 spiro atoms. The fourth-order valence-electron chi connectivity index (χ4n) is 2.19. The zero-order chi connectivity index (χ0) is 12.1. The smallest absolute Gasteiger partial charge is 0.0490 e. The number of hydrogen-bond donors (Lipinski definition) is 1. The first kappa shape index (κ1) is 11.8. The van der Waals surface area contributed by atoms with Crippen molar-refractivity contribution in [3.63, 3.8) is 0 Å². The van der Waals surface area contributed by atoms with Crippen LogP contribution in [0.15, 0.2) is 36.8 Å². The SMILES string of the molecule is CC(C)CC(Cc1ccn[nH]1)c1cccnc1. The van der Waals surface area contributed by atoms with Gasteiger partial charge in [-0.25, -0.2) is 0 Å². The van der Waals surface area contributed by atoms with Crippen LogP contribution >= 0.6 is 0 Å². The Morgan fingerprint density at radius 1 is 1.24 bits per heavy atom. The number of rotatable bonds is 5. The van der Waals surface area contributed by atoms with Gasteiger partial charge in [-0.3, -0.25) is 10.1 Å². The van der Waals surface area contributed by atoms with Gasteiger partial charge in [-0.15, -0.1) is 0 Å². The van der Waals surface area contributed by atoms with Crippen LogP contribution in [0.3, 0.4) is 0 Å². The number of aromatic nitrogens is 3. The third-order valence-electron chi connectivity index (χ3n) is 2.94. The molecule has 0 aromatic carbocycles. The largest absolute Gasteiger partial charge is 0.283 e. The van der Waals surface area contributed by atoms with Crippen LogP contribution in [0, 0.1) is 5.92 Å². The number of H-pyrrole nitrogens is 1. The monoisotopic (exact) mass is 229 g/mol. The minimum absolute atomic E-state index is 0.518. The summed E-state index contributed by atoms with van der Waals surface area (Å²) in [5.74, 6) is 1.20. The van der Waals surface area contributed by atoms with Crippen LogP contribution in [0.25, 0.3) is 0 Å². The number of pyridine rings is 1. The highest BCUT2D eigenvalue weighted by molar-refractivity contribution is 5.17. The molecule has 3 heteroatoms. The summed E-state index contributed by atoms with van der Waals surface area (Å²) < 4.78 is 0. The second kappa shape index (κ2) is 5.62. The molecule has 2 heterocycles. The van der Waals surface area contributed by atoms with Crippen molar-refractivity contribution < 1.29 is 0 Å². The Kier molecular flexibility index (Phi) is 3.91. The molecule has 0 saturated carbocycles. The van der Waals surface area contributed by atoms with E-state index >= 15 is 0 Å². The molecule has 1 unspecified atom stereocenters. The lowest BCUT2D eigenvalue weighted by Crippen LogP contribution is -2.07. The number of nitrogens with one attached hydrogen (secondary N) is 1. The third kappa shape index (κ3) is 3.41. The molecule has 0 saturated heterocycles. The molecular formula is C14H19N3. The van der Waals surface area contributed by atoms with Crippen molar-refractivity contribution in [1.82, 2.24) is 15.2 Å². The van der Waals surface area contributed by atoms with Crippen LogP contribution in [0.1, 0.15) is 37.4 Å². The maximum atomic E-state index is 4.22. The van der Waals surface area contributed by atoms with E-state index in [4.69, 9.17) is 0 Å². The van der Waals surface area contributed by atoms with Gasteiger partial charge >= 0.3 is 0 Å². The molecule has 90 valence electrons. The van der Waals surface area contributed by atoms with Crippen LogP contribution in [0.5, 0.6) is 0 Å². The Hall–Kier alpha value is -1.64. The minimum atomic E-state index is 0.518. The Morgan fingerprint density at radius 3 is 2.71 bits per heavy atom. The zero-order valence-corrected chi connectivity index (χ0v) is 10.4. The molecule has 0 bridgehead atoms. The average molecular weight is 229 g/mol. The summed E-state index contributed by atoms with van der Waals surface area (Å²) in [4.78, 5) is 4.22. The van der Waals surface area contributed by atoms with Crippen molar-refractivity contribution in [1.29, 1.82) is 0 Å². The summed E-state index contributed by atoms with van der Waals surface area (Å²) in [6, 6.07) is 6.22. The van der Waals surface area contributed by atoms with Crippen LogP contribution in [-0.2, 0) is 6.42 Å². The topological polar surface area (TPSA) is 41.6 Å². The number of hydrogen-bond acceptors (Lipinski definition) is 2. The van der Waals surface area contributed by atoms with E-state index in [9.17, 15) is 0 Å². The van der Waals surface area contributed by atoms with Gasteiger partial charge < -0.3 is 0 Å². The molecule has 1 N–H and O–H groups in total. The van der Waals surface area contributed by atoms with Crippen molar-refractivity contribution in [3.8, 4) is 0 Å². The van der Waals surface area contributed by atoms with Crippen LogP contribution < -0.4 is 0 Å². The first-order valence-corrected chi connectivity index (χ1v) is 6.14. The molecular weight excluding hydrogens is 210 g/mol. The van der Waals surface area contributed by atoms with Crippen molar-refractivity contribution >= 4 is 0 Å². The lowest BCUT2D eigenvalue weighted by Gasteiger charge is -2.18. The minimum Gasteiger partial charge on any atom is -0.283 e. The van der Waals surface area contributed by atoms with E-state index in [1.54, 1.807) is 0 Å². The van der Waals surface area contributed by atoms with E-state index in [-0.39, 0.29) is 0 Å². The molecule has 2 rings (SSSR count). The van der Waals surface area contributed by atoms with E-state index in [0.717, 1.165) is 6.42 Å². The fourth-order valence-corrected chi connectivity index (χ4v) is 2.19. The van der Waals surface area contributed by atoms with Crippen molar-refractivity contribution in [2.45, 2.75) is 32.6 Å². The molecule has 17 heavy (non-hydrogen) atoms. The lowest BCUT2D eigenvalue weighted by molar-refractivity contribution is 0.492. The lowest BCUT2D eigenvalue weighted by atomic mass is 9.88. The summed E-state index contributed by atoms with van der Waals surface area (Å²) in [6.45, 7) is 4.52. The Bertz CT molecular complexity index is 420. The molecule has 0 radical (unpaired) electrons. The van der Waals surface area contributed by atoms with Gasteiger partial charge in [0, 0.05) is 24.3 Å². The number of nitrogens with zero attached hydrogens (tertiary/aromatic N) is 2. The van der Waals surface area contributed by atoms with Crippen LogP contribution in [-0.4, -0.2) is 15.2 Å². The van der Waals surface area contributed by atoms with Gasteiger partial charge in [0.15, 0.2) is 0 Å². The Balaban J connectivity index is 2.14. The Morgan fingerprint density at radius 2 is 2.12 bits per heavy atom. The second-order valence-corrected chi connectivity index (χ2v) is 4.90. The Labute approximate surface area is 102 Å². The highest BCUT2D eigenvalue weighted by Gasteiger charge is 2.14. The quantitative estimate of drug-likeness (QED) is 0.855. The summed E-state index contributed by atoms with van der Waals surface area (Å²) in [6.07, 6.45) is 7.79. The first-order valence-electron chi connectivity index (χ1n) is 6.14. The fraction of sp³-hybridized carbons (Fsp3) is 0.429. The molecule has 2 aromatic rings. The van der Waals surface area contributed by atoms with Gasteiger partial charge in [0.25, 0.3) is 0 Å². The average Bonchev–Trinajstić information content (AvgIpc) is 2.82. The van der Waals surface area contributed by atoms with Crippen molar-refractivity contribution in [2.75, 3.05) is 0 Å². The predicted octanol–water partition coefficient (Wildman–Crippen LogP) is 3.18. The zero-order valence-electron chi connectivity index (χ0n) is 10.4. The molecule has 0 fully saturated rings. The third-order valence-corrected chi connectivity index (χ3v) is 2.94. The highest BCUT2D eigenvalue weighted by Crippen LogP contribution is 2.26. The molecule has 2 aromatic heterocycles. The molecule has 0 amide bonds. The molecule has 0 aliphatic rings. The highest BCUT2D eigenvalue weighted by atomic mass is 15.1. The van der Waals surface area contributed by atoms with Crippen LogP contribution in [0.4, 0.5) is 0 Å². The summed E-state index contributed by atoms with van der Waals surface area (Å²) >= 11 is 0. The molecule has 3 nitrogen and oxygen atoms in total. The van der Waals surface area contributed by atoms with E-state index in [1.807, 2.05) is 30.7 Å². The van der Waals surface area contributed by atoms with Gasteiger partial charge in [0.1, 0.15) is 0 Å². The van der Waals surface area contributed by atoms with E-state index in [1.165, 1.54) is 17.7 Å². The maximum Gasteiger partial charge on any atom is 0.0490 e. The van der Waals surface area contributed by atoms with Crippen molar-refractivity contribution in [3.05, 3.63) is 48.0 Å². The molecule has 1 atom stereocenters. The van der Waals surface area contributed by atoms with Crippen molar-refractivity contribution in [2.24, 2.45) is 5.92 Å². The number of aromatic amines is 1. The van der Waals surface area contributed by atoms with E-state index < -0.39 is 0 Å². The standard InChI is InChI=1S/C14H19N3/c1-11(2)8-13(9-14-5-7-16-17-14)12-4-3-6-15-10-12/h3-7,10-11,13H,8-9H2,1-2H3,(H,16,17). The second-order valence-electron chi connectivity index (χ2n) is 4.90. The van der Waals surface area contributed by atoms with Gasteiger partial charge in [-0.05, 0) is 42.4 Å². The molecule has 0 aliphatic carbocycles. The molecule has 0 aliphatic heterocycles. The van der Waals surface area contributed by atoms with Gasteiger partial charge in [-0.2, -0.15) is 5.10 Å². The van der Waals surface area contributed by atoms with Gasteiger partial charge in [0.05, 0.1) is 0 Å².